The van der Waals surface area contributed by atoms with Crippen molar-refractivity contribution in [2.75, 3.05) is 18.5 Å². The van der Waals surface area contributed by atoms with Gasteiger partial charge in [0.1, 0.15) is 6.07 Å². The van der Waals surface area contributed by atoms with Crippen molar-refractivity contribution in [3.05, 3.63) is 36.2 Å². The van der Waals surface area contributed by atoms with Gasteiger partial charge in [-0.15, -0.1) is 0 Å². The van der Waals surface area contributed by atoms with Gasteiger partial charge in [-0.2, -0.15) is 5.26 Å². The predicted molar refractivity (Wildman–Crippen MR) is 57.0 cm³/mol. The van der Waals surface area contributed by atoms with Crippen LogP contribution in [0.1, 0.15) is 12.6 Å². The van der Waals surface area contributed by atoms with Crippen LogP contribution >= 0.6 is 0 Å². The Balaban J connectivity index is 2.95. The van der Waals surface area contributed by atoms with Crippen LogP contribution in [-0.4, -0.2) is 18.6 Å². The summed E-state index contributed by atoms with van der Waals surface area (Å²) in [7, 11) is 1.92. The topological polar surface area (TPSA) is 39.9 Å². The molecule has 0 spiro atoms. The third-order valence-electron chi connectivity index (χ3n) is 1.81. The fourth-order valence-electron chi connectivity index (χ4n) is 1.28. The zero-order chi connectivity index (χ0) is 10.6. The highest BCUT2D eigenvalue weighted by molar-refractivity contribution is 5.55. The summed E-state index contributed by atoms with van der Waals surface area (Å²) in [6.45, 7) is 6.52. The molecule has 0 bridgehead atoms. The molecule has 3 heteroatoms. The fraction of sp³-hybridized carbons (Fsp3) is 0.273. The predicted octanol–water partition coefficient (Wildman–Crippen LogP) is 1.97. The lowest BCUT2D eigenvalue weighted by atomic mass is 10.2. The Labute approximate surface area is 84.3 Å². The maximum Gasteiger partial charge on any atom is 0.163 e. The Morgan fingerprint density at radius 3 is 3.00 bits per heavy atom. The van der Waals surface area contributed by atoms with E-state index in [1.165, 1.54) is 0 Å². The smallest absolute Gasteiger partial charge is 0.163 e. The van der Waals surface area contributed by atoms with Crippen LogP contribution in [0.4, 0.5) is 5.69 Å². The molecule has 0 fully saturated rings. The maximum absolute atomic E-state index is 8.84. The second kappa shape index (κ2) is 4.43. The van der Waals surface area contributed by atoms with E-state index >= 15 is 0 Å². The van der Waals surface area contributed by atoms with Gasteiger partial charge >= 0.3 is 0 Å². The molecular weight excluding hydrogens is 174 g/mol. The summed E-state index contributed by atoms with van der Waals surface area (Å²) >= 11 is 0. The summed E-state index contributed by atoms with van der Waals surface area (Å²) in [4.78, 5) is 5.96. The Morgan fingerprint density at radius 1 is 1.71 bits per heavy atom. The molecule has 0 radical (unpaired) electrons. The molecule has 14 heavy (non-hydrogen) atoms. The molecule has 0 unspecified atom stereocenters. The third-order valence-corrected chi connectivity index (χ3v) is 1.81. The van der Waals surface area contributed by atoms with Crippen molar-refractivity contribution < 1.29 is 0 Å². The van der Waals surface area contributed by atoms with Gasteiger partial charge in [0.2, 0.25) is 0 Å². The minimum Gasteiger partial charge on any atom is -0.368 e. The molecule has 0 saturated carbocycles. The zero-order valence-electron chi connectivity index (χ0n) is 8.49. The van der Waals surface area contributed by atoms with Crippen LogP contribution in [0, 0.1) is 11.3 Å². The molecule has 1 aromatic rings. The average molecular weight is 187 g/mol. The Bertz CT molecular complexity index is 376. The molecule has 3 nitrogen and oxygen atoms in total. The van der Waals surface area contributed by atoms with Gasteiger partial charge < -0.3 is 4.90 Å². The number of hydrogen-bond acceptors (Lipinski definition) is 3. The maximum atomic E-state index is 8.84. The molecule has 72 valence electrons. The number of rotatable bonds is 3. The summed E-state index contributed by atoms with van der Waals surface area (Å²) in [5, 5.41) is 8.84. The van der Waals surface area contributed by atoms with E-state index in [4.69, 9.17) is 5.26 Å². The van der Waals surface area contributed by atoms with Crippen LogP contribution in [0.5, 0.6) is 0 Å². The van der Waals surface area contributed by atoms with Gasteiger partial charge in [0.25, 0.3) is 0 Å². The molecule has 1 aromatic heterocycles. The highest BCUT2D eigenvalue weighted by Crippen LogP contribution is 2.16. The van der Waals surface area contributed by atoms with Crippen molar-refractivity contribution in [1.29, 1.82) is 5.26 Å². The van der Waals surface area contributed by atoms with Crippen LogP contribution in [-0.2, 0) is 0 Å². The van der Waals surface area contributed by atoms with Gasteiger partial charge in [-0.1, -0.05) is 12.2 Å². The molecule has 0 N–H and O–H groups in total. The Hall–Kier alpha value is -1.82. The monoisotopic (exact) mass is 187 g/mol. The van der Waals surface area contributed by atoms with Gasteiger partial charge in [-0.25, -0.2) is 4.98 Å². The molecule has 0 amide bonds. The van der Waals surface area contributed by atoms with E-state index in [0.29, 0.717) is 5.69 Å². The average Bonchev–Trinajstić information content (AvgIpc) is 2.16. The van der Waals surface area contributed by atoms with Crippen molar-refractivity contribution in [1.82, 2.24) is 4.98 Å². The van der Waals surface area contributed by atoms with E-state index in [-0.39, 0.29) is 0 Å². The summed E-state index contributed by atoms with van der Waals surface area (Å²) in [6, 6.07) is 5.78. The van der Waals surface area contributed by atoms with Crippen LogP contribution in [0.2, 0.25) is 0 Å². The molecule has 0 aliphatic carbocycles. The first-order valence-corrected chi connectivity index (χ1v) is 4.35. The van der Waals surface area contributed by atoms with Gasteiger partial charge in [0.05, 0.1) is 5.69 Å². The van der Waals surface area contributed by atoms with Crippen molar-refractivity contribution in [3.63, 3.8) is 0 Å². The molecule has 0 atom stereocenters. The van der Waals surface area contributed by atoms with E-state index in [0.717, 1.165) is 17.8 Å². The molecule has 0 aliphatic heterocycles. The van der Waals surface area contributed by atoms with Crippen molar-refractivity contribution in [2.45, 2.75) is 6.92 Å². The summed E-state index contributed by atoms with van der Waals surface area (Å²) < 4.78 is 0. The SMILES string of the molecule is C=C(C)CN(C)c1cccnc1C#N. The molecule has 0 aromatic carbocycles. The van der Waals surface area contributed by atoms with Gasteiger partial charge in [-0.05, 0) is 19.1 Å². The molecule has 0 aliphatic rings. The van der Waals surface area contributed by atoms with Gasteiger partial charge in [0, 0.05) is 19.8 Å². The quantitative estimate of drug-likeness (QED) is 0.679. The molecule has 1 heterocycles. The summed E-state index contributed by atoms with van der Waals surface area (Å²) in [5.41, 5.74) is 2.36. The number of nitrogens with zero attached hydrogens (tertiary/aromatic N) is 3. The summed E-state index contributed by atoms with van der Waals surface area (Å²) in [6.07, 6.45) is 1.62. The lowest BCUT2D eigenvalue weighted by molar-refractivity contribution is 0.973. The minimum absolute atomic E-state index is 0.455. The first-order chi connectivity index (χ1) is 6.65. The second-order valence-electron chi connectivity index (χ2n) is 3.30. The zero-order valence-corrected chi connectivity index (χ0v) is 8.49. The number of nitriles is 1. The lowest BCUT2D eigenvalue weighted by Crippen LogP contribution is -2.20. The second-order valence-corrected chi connectivity index (χ2v) is 3.30. The molecule has 0 saturated heterocycles. The summed E-state index contributed by atoms with van der Waals surface area (Å²) in [5.74, 6) is 0. The fourth-order valence-corrected chi connectivity index (χ4v) is 1.28. The van der Waals surface area contributed by atoms with E-state index in [9.17, 15) is 0 Å². The highest BCUT2D eigenvalue weighted by atomic mass is 15.1. The lowest BCUT2D eigenvalue weighted by Gasteiger charge is -2.19. The van der Waals surface area contributed by atoms with Crippen molar-refractivity contribution in [2.24, 2.45) is 0 Å². The van der Waals surface area contributed by atoms with Crippen LogP contribution in [0.3, 0.4) is 0 Å². The Kier molecular flexibility index (Phi) is 3.24. The Morgan fingerprint density at radius 2 is 2.43 bits per heavy atom. The normalized spacial score (nSPS) is 9.21. The van der Waals surface area contributed by atoms with Crippen LogP contribution in [0.25, 0.3) is 0 Å². The van der Waals surface area contributed by atoms with Gasteiger partial charge in [-0.3, -0.25) is 0 Å². The minimum atomic E-state index is 0.455. The number of aromatic nitrogens is 1. The van der Waals surface area contributed by atoms with E-state index < -0.39 is 0 Å². The van der Waals surface area contributed by atoms with E-state index in [2.05, 4.69) is 17.6 Å². The van der Waals surface area contributed by atoms with E-state index in [1.807, 2.05) is 31.0 Å². The number of likely N-dealkylation sites (N-methyl/N-ethyl adjacent to an activating group) is 1. The van der Waals surface area contributed by atoms with Crippen LogP contribution in [0.15, 0.2) is 30.5 Å². The van der Waals surface area contributed by atoms with Gasteiger partial charge in [0.15, 0.2) is 5.69 Å². The number of pyridine rings is 1. The number of anilines is 1. The van der Waals surface area contributed by atoms with Crippen molar-refractivity contribution in [3.8, 4) is 6.07 Å². The first kappa shape index (κ1) is 10.3. The number of hydrogen-bond donors (Lipinski definition) is 0. The largest absolute Gasteiger partial charge is 0.368 e. The highest BCUT2D eigenvalue weighted by Gasteiger charge is 2.06. The standard InChI is InChI=1S/C11H13N3/c1-9(2)8-14(3)11-5-4-6-13-10(11)7-12/h4-6H,1,8H2,2-3H3. The van der Waals surface area contributed by atoms with E-state index in [1.54, 1.807) is 6.20 Å². The first-order valence-electron chi connectivity index (χ1n) is 4.35. The van der Waals surface area contributed by atoms with Crippen LogP contribution < -0.4 is 4.90 Å². The van der Waals surface area contributed by atoms with Crippen molar-refractivity contribution >= 4 is 5.69 Å². The molecular formula is C11H13N3. The molecule has 1 rings (SSSR count). The third kappa shape index (κ3) is 2.33.